The maximum absolute atomic E-state index is 6.08. The molecule has 4 nitrogen and oxygen atoms in total. The van der Waals surface area contributed by atoms with E-state index in [0.29, 0.717) is 0 Å². The molecule has 8 heteroatoms. The van der Waals surface area contributed by atoms with Crippen LogP contribution in [0.25, 0.3) is 0 Å². The van der Waals surface area contributed by atoms with E-state index >= 15 is 0 Å². The Balaban J connectivity index is 0.00000118. The predicted octanol–water partition coefficient (Wildman–Crippen LogP) is 11.0. The molecule has 0 saturated carbocycles. The Bertz CT molecular complexity index is 1460. The van der Waals surface area contributed by atoms with Crippen molar-refractivity contribution in [2.24, 2.45) is 9.98 Å². The molecule has 0 radical (unpaired) electrons. The first-order chi connectivity index (χ1) is 19.6. The van der Waals surface area contributed by atoms with Crippen molar-refractivity contribution >= 4 is 54.3 Å². The molecule has 0 aliphatic rings. The van der Waals surface area contributed by atoms with Crippen LogP contribution in [0.4, 0.5) is 11.4 Å². The predicted molar refractivity (Wildman–Crippen MR) is 166 cm³/mol. The third-order valence-corrected chi connectivity index (χ3v) is 6.87. The van der Waals surface area contributed by atoms with Gasteiger partial charge in [-0.2, -0.15) is 0 Å². The van der Waals surface area contributed by atoms with E-state index in [4.69, 9.17) is 39.7 Å². The summed E-state index contributed by atoms with van der Waals surface area (Å²) in [6.07, 6.45) is 0. The molecular weight excluding hydrogens is 603 g/mol. The quantitative estimate of drug-likeness (QED) is 0.127. The second-order valence-corrected chi connectivity index (χ2v) is 11.3. The summed E-state index contributed by atoms with van der Waals surface area (Å²) in [6, 6.07) is 39.3. The summed E-state index contributed by atoms with van der Waals surface area (Å²) in [5, 5.41) is 0. The SMILES string of the molecule is CC(=Nc1ccccc1Oc1ccccc1)c1ccc(C(C)=Nc2ccccc2Oc2ccccc2)s1.[Cl][Fe][Cl]. The van der Waals surface area contributed by atoms with Gasteiger partial charge in [-0.25, -0.2) is 9.98 Å². The van der Waals surface area contributed by atoms with Crippen molar-refractivity contribution in [3.05, 3.63) is 131 Å². The molecule has 204 valence electrons. The van der Waals surface area contributed by atoms with Crippen molar-refractivity contribution in [3.8, 4) is 23.0 Å². The monoisotopic (exact) mass is 628 g/mol. The van der Waals surface area contributed by atoms with Crippen molar-refractivity contribution in [1.29, 1.82) is 0 Å². The van der Waals surface area contributed by atoms with Crippen LogP contribution >= 0.6 is 31.5 Å². The number of benzene rings is 4. The number of para-hydroxylation sites is 6. The first-order valence-electron chi connectivity index (χ1n) is 12.3. The topological polar surface area (TPSA) is 43.2 Å². The molecular formula is C32H26Cl2FeN2O2S. The van der Waals surface area contributed by atoms with E-state index in [0.717, 1.165) is 55.6 Å². The minimum absolute atomic E-state index is 0.194. The molecule has 0 N–H and O–H groups in total. The summed E-state index contributed by atoms with van der Waals surface area (Å²) < 4.78 is 12.2. The number of aliphatic imine (C=N–C) groups is 2. The van der Waals surface area contributed by atoms with E-state index in [1.807, 2.05) is 123 Å². The van der Waals surface area contributed by atoms with Crippen molar-refractivity contribution in [2.75, 3.05) is 0 Å². The van der Waals surface area contributed by atoms with Crippen molar-refractivity contribution in [1.82, 2.24) is 0 Å². The third-order valence-electron chi connectivity index (χ3n) is 5.57. The Morgan fingerprint density at radius 2 is 0.900 bits per heavy atom. The van der Waals surface area contributed by atoms with Gasteiger partial charge in [0.05, 0.1) is 11.4 Å². The number of thiophene rings is 1. The maximum atomic E-state index is 6.08. The molecule has 0 bridgehead atoms. The summed E-state index contributed by atoms with van der Waals surface area (Å²) in [7, 11) is 9.53. The number of ether oxygens (including phenoxy) is 2. The van der Waals surface area contributed by atoms with Crippen LogP contribution in [0.15, 0.2) is 131 Å². The summed E-state index contributed by atoms with van der Waals surface area (Å²) in [6.45, 7) is 4.04. The zero-order chi connectivity index (χ0) is 28.2. The van der Waals surface area contributed by atoms with E-state index in [-0.39, 0.29) is 13.1 Å². The van der Waals surface area contributed by atoms with Crippen LogP contribution in [0.5, 0.6) is 23.0 Å². The number of hydrogen-bond donors (Lipinski definition) is 0. The standard InChI is InChI=1S/C32H26N2O2S.2ClH.Fe/c1-23(33-27-17-9-11-19-29(27)35-25-13-5-3-6-14-25)31-21-22-32(37-31)24(2)34-28-18-10-12-20-30(28)36-26-15-7-4-8-16-26;;;/h3-22H,1-2H3;2*1H;/q;;;+2/p-2. The van der Waals surface area contributed by atoms with E-state index in [9.17, 15) is 0 Å². The van der Waals surface area contributed by atoms with Gasteiger partial charge < -0.3 is 9.47 Å². The van der Waals surface area contributed by atoms with Gasteiger partial charge in [0.15, 0.2) is 11.5 Å². The van der Waals surface area contributed by atoms with Gasteiger partial charge in [-0.05, 0) is 74.5 Å². The molecule has 40 heavy (non-hydrogen) atoms. The second kappa shape index (κ2) is 15.4. The van der Waals surface area contributed by atoms with Crippen molar-refractivity contribution in [3.63, 3.8) is 0 Å². The number of halogens is 2. The fraction of sp³-hybridized carbons (Fsp3) is 0.0625. The van der Waals surface area contributed by atoms with Crippen LogP contribution in [0.2, 0.25) is 0 Å². The van der Waals surface area contributed by atoms with Gasteiger partial charge in [-0.1, -0.05) is 60.7 Å². The summed E-state index contributed by atoms with van der Waals surface area (Å²) >= 11 is 1.86. The van der Waals surface area contributed by atoms with Crippen LogP contribution < -0.4 is 9.47 Å². The van der Waals surface area contributed by atoms with Gasteiger partial charge in [-0.15, -0.1) is 11.3 Å². The Hall–Kier alpha value is -3.38. The van der Waals surface area contributed by atoms with E-state index < -0.39 is 0 Å². The molecule has 0 amide bonds. The van der Waals surface area contributed by atoms with Crippen LogP contribution in [-0.2, 0) is 13.1 Å². The van der Waals surface area contributed by atoms with Crippen LogP contribution in [-0.4, -0.2) is 11.4 Å². The molecule has 0 saturated heterocycles. The fourth-order valence-electron chi connectivity index (χ4n) is 3.70. The zero-order valence-corrected chi connectivity index (χ0v) is 25.2. The summed E-state index contributed by atoms with van der Waals surface area (Å²) in [5.74, 6) is 3.00. The van der Waals surface area contributed by atoms with Crippen LogP contribution in [0, 0.1) is 0 Å². The van der Waals surface area contributed by atoms with Crippen LogP contribution in [0.3, 0.4) is 0 Å². The molecule has 5 aromatic rings. The van der Waals surface area contributed by atoms with Crippen molar-refractivity contribution in [2.45, 2.75) is 13.8 Å². The Morgan fingerprint density at radius 3 is 1.30 bits per heavy atom. The van der Waals surface area contributed by atoms with Crippen molar-refractivity contribution < 1.29 is 22.6 Å². The molecule has 0 fully saturated rings. The van der Waals surface area contributed by atoms with E-state index in [2.05, 4.69) is 12.1 Å². The van der Waals surface area contributed by atoms with Gasteiger partial charge in [0.2, 0.25) is 0 Å². The molecule has 0 atom stereocenters. The molecule has 4 aromatic carbocycles. The number of rotatable bonds is 8. The molecule has 0 spiro atoms. The van der Waals surface area contributed by atoms with E-state index in [1.54, 1.807) is 11.3 Å². The first kappa shape index (κ1) is 29.6. The zero-order valence-electron chi connectivity index (χ0n) is 21.8. The van der Waals surface area contributed by atoms with Gasteiger partial charge in [0.1, 0.15) is 22.9 Å². The van der Waals surface area contributed by atoms with E-state index in [1.165, 1.54) is 0 Å². The average molecular weight is 629 g/mol. The Labute approximate surface area is 253 Å². The summed E-state index contributed by atoms with van der Waals surface area (Å²) in [4.78, 5) is 11.9. The number of nitrogens with zero attached hydrogens (tertiary/aromatic N) is 2. The molecule has 1 heterocycles. The van der Waals surface area contributed by atoms with Gasteiger partial charge in [0.25, 0.3) is 0 Å². The normalized spacial score (nSPS) is 11.5. The van der Waals surface area contributed by atoms with Gasteiger partial charge >= 0.3 is 33.3 Å². The molecule has 5 rings (SSSR count). The Kier molecular flexibility index (Phi) is 11.4. The Morgan fingerprint density at radius 1 is 0.550 bits per heavy atom. The fourth-order valence-corrected chi connectivity index (χ4v) is 4.60. The number of hydrogen-bond acceptors (Lipinski definition) is 5. The first-order valence-corrected chi connectivity index (χ1v) is 16.1. The van der Waals surface area contributed by atoms with Gasteiger partial charge in [-0.3, -0.25) is 0 Å². The van der Waals surface area contributed by atoms with Crippen LogP contribution in [0.1, 0.15) is 23.6 Å². The van der Waals surface area contributed by atoms with Gasteiger partial charge in [0, 0.05) is 9.75 Å². The minimum atomic E-state index is 0.194. The average Bonchev–Trinajstić information content (AvgIpc) is 3.48. The molecule has 0 unspecified atom stereocenters. The summed E-state index contributed by atoms with van der Waals surface area (Å²) in [5.41, 5.74) is 3.41. The second-order valence-electron chi connectivity index (χ2n) is 8.37. The molecule has 1 aromatic heterocycles. The third kappa shape index (κ3) is 8.56. The molecule has 0 aliphatic carbocycles. The molecule has 0 aliphatic heterocycles.